The number of rotatable bonds is 3. The predicted molar refractivity (Wildman–Crippen MR) is 67.5 cm³/mol. The van der Waals surface area contributed by atoms with Crippen molar-refractivity contribution in [2.24, 2.45) is 0 Å². The van der Waals surface area contributed by atoms with Crippen LogP contribution in [-0.4, -0.2) is 0 Å². The van der Waals surface area contributed by atoms with Crippen molar-refractivity contribution in [3.05, 3.63) is 34.9 Å². The summed E-state index contributed by atoms with van der Waals surface area (Å²) in [7, 11) is 0. The quantitative estimate of drug-likeness (QED) is 0.658. The molecular formula is C15H23. The van der Waals surface area contributed by atoms with Crippen LogP contribution in [0.3, 0.4) is 0 Å². The Morgan fingerprint density at radius 1 is 0.867 bits per heavy atom. The molecule has 0 unspecified atom stereocenters. The molecule has 1 aromatic carbocycles. The lowest BCUT2D eigenvalue weighted by atomic mass is 9.87. The second-order valence-electron chi connectivity index (χ2n) is 5.27. The lowest BCUT2D eigenvalue weighted by Gasteiger charge is -2.18. The molecule has 0 heterocycles. The average molecular weight is 203 g/mol. The Morgan fingerprint density at radius 2 is 1.47 bits per heavy atom. The molecular weight excluding hydrogens is 180 g/mol. The minimum absolute atomic E-state index is 0.573. The van der Waals surface area contributed by atoms with Crippen molar-refractivity contribution in [3.63, 3.8) is 0 Å². The van der Waals surface area contributed by atoms with E-state index in [0.29, 0.717) is 17.8 Å². The van der Waals surface area contributed by atoms with E-state index in [1.54, 1.807) is 0 Å². The molecule has 1 rings (SSSR count). The van der Waals surface area contributed by atoms with Gasteiger partial charge in [-0.3, -0.25) is 0 Å². The largest absolute Gasteiger partial charge is 0.0587 e. The molecule has 1 radical (unpaired) electrons. The molecule has 15 heavy (non-hydrogen) atoms. The SMILES string of the molecule is CC(C)c1c[c]c(C(C)C)c(C(C)C)c1. The van der Waals surface area contributed by atoms with Crippen LogP contribution in [0, 0.1) is 6.07 Å². The van der Waals surface area contributed by atoms with Crippen molar-refractivity contribution in [1.82, 2.24) is 0 Å². The second kappa shape index (κ2) is 4.83. The molecule has 0 spiro atoms. The van der Waals surface area contributed by atoms with Gasteiger partial charge in [0.25, 0.3) is 0 Å². The summed E-state index contributed by atoms with van der Waals surface area (Å²) in [6.45, 7) is 13.5. The molecule has 0 fully saturated rings. The molecule has 0 bridgehead atoms. The molecule has 0 heteroatoms. The van der Waals surface area contributed by atoms with Crippen molar-refractivity contribution < 1.29 is 0 Å². The van der Waals surface area contributed by atoms with Crippen LogP contribution in [0.2, 0.25) is 0 Å². The maximum atomic E-state index is 3.47. The van der Waals surface area contributed by atoms with E-state index in [1.165, 1.54) is 16.7 Å². The van der Waals surface area contributed by atoms with Gasteiger partial charge in [0.15, 0.2) is 0 Å². The van der Waals surface area contributed by atoms with E-state index in [2.05, 4.69) is 59.7 Å². The number of benzene rings is 1. The van der Waals surface area contributed by atoms with E-state index in [1.807, 2.05) is 0 Å². The third kappa shape index (κ3) is 2.84. The molecule has 0 N–H and O–H groups in total. The molecule has 1 aromatic rings. The Kier molecular flexibility index (Phi) is 3.96. The van der Waals surface area contributed by atoms with Crippen LogP contribution in [0.1, 0.15) is 76.0 Å². The van der Waals surface area contributed by atoms with Gasteiger partial charge >= 0.3 is 0 Å². The molecule has 0 aromatic heterocycles. The summed E-state index contributed by atoms with van der Waals surface area (Å²) in [5.74, 6) is 1.76. The van der Waals surface area contributed by atoms with Crippen molar-refractivity contribution >= 4 is 0 Å². The highest BCUT2D eigenvalue weighted by Gasteiger charge is 2.11. The highest BCUT2D eigenvalue weighted by molar-refractivity contribution is 5.36. The van der Waals surface area contributed by atoms with Crippen LogP contribution >= 0.6 is 0 Å². The van der Waals surface area contributed by atoms with Crippen molar-refractivity contribution in [1.29, 1.82) is 0 Å². The molecule has 0 nitrogen and oxygen atoms in total. The normalized spacial score (nSPS) is 11.8. The van der Waals surface area contributed by atoms with Gasteiger partial charge in [-0.1, -0.05) is 53.7 Å². The van der Waals surface area contributed by atoms with E-state index in [0.717, 1.165) is 0 Å². The summed E-state index contributed by atoms with van der Waals surface area (Å²) < 4.78 is 0. The van der Waals surface area contributed by atoms with E-state index < -0.39 is 0 Å². The summed E-state index contributed by atoms with van der Waals surface area (Å²) in [5, 5.41) is 0. The minimum atomic E-state index is 0.573. The molecule has 0 amide bonds. The van der Waals surface area contributed by atoms with Gasteiger partial charge in [-0.15, -0.1) is 0 Å². The maximum absolute atomic E-state index is 3.47. The summed E-state index contributed by atoms with van der Waals surface area (Å²) >= 11 is 0. The lowest BCUT2D eigenvalue weighted by Crippen LogP contribution is -2.01. The van der Waals surface area contributed by atoms with Crippen LogP contribution in [0.5, 0.6) is 0 Å². The summed E-state index contributed by atoms with van der Waals surface area (Å²) in [4.78, 5) is 0. The molecule has 0 saturated heterocycles. The van der Waals surface area contributed by atoms with Gasteiger partial charge in [0, 0.05) is 0 Å². The van der Waals surface area contributed by atoms with Gasteiger partial charge in [-0.2, -0.15) is 0 Å². The second-order valence-corrected chi connectivity index (χ2v) is 5.27. The van der Waals surface area contributed by atoms with Crippen LogP contribution in [0.25, 0.3) is 0 Å². The first-order chi connectivity index (χ1) is 6.93. The zero-order chi connectivity index (χ0) is 11.6. The Labute approximate surface area is 94.7 Å². The fourth-order valence-electron chi connectivity index (χ4n) is 1.85. The zero-order valence-corrected chi connectivity index (χ0v) is 10.9. The molecule has 0 aliphatic heterocycles. The van der Waals surface area contributed by atoms with Crippen LogP contribution < -0.4 is 0 Å². The highest BCUT2D eigenvalue weighted by atomic mass is 14.2. The Hall–Kier alpha value is -0.780. The van der Waals surface area contributed by atoms with Crippen LogP contribution in [0.4, 0.5) is 0 Å². The first-order valence-electron chi connectivity index (χ1n) is 5.98. The minimum Gasteiger partial charge on any atom is -0.0587 e. The third-order valence-electron chi connectivity index (χ3n) is 2.89. The Bertz CT molecular complexity index is 319. The number of hydrogen-bond donors (Lipinski definition) is 0. The van der Waals surface area contributed by atoms with Gasteiger partial charge in [-0.05, 0) is 40.5 Å². The smallest absolute Gasteiger partial charge is 0.0141 e. The lowest BCUT2D eigenvalue weighted by molar-refractivity contribution is 0.776. The Morgan fingerprint density at radius 3 is 1.87 bits per heavy atom. The zero-order valence-electron chi connectivity index (χ0n) is 10.9. The molecule has 0 saturated carbocycles. The average Bonchev–Trinajstić information content (AvgIpc) is 2.16. The van der Waals surface area contributed by atoms with Gasteiger partial charge in [0.05, 0.1) is 0 Å². The van der Waals surface area contributed by atoms with Gasteiger partial charge in [-0.25, -0.2) is 0 Å². The topological polar surface area (TPSA) is 0 Å². The van der Waals surface area contributed by atoms with Gasteiger partial charge in [0.2, 0.25) is 0 Å². The first kappa shape index (κ1) is 12.3. The van der Waals surface area contributed by atoms with Gasteiger partial charge < -0.3 is 0 Å². The predicted octanol–water partition coefficient (Wildman–Crippen LogP) is 4.86. The van der Waals surface area contributed by atoms with Gasteiger partial charge in [0.1, 0.15) is 0 Å². The fraction of sp³-hybridized carbons (Fsp3) is 0.600. The van der Waals surface area contributed by atoms with E-state index in [-0.39, 0.29) is 0 Å². The van der Waals surface area contributed by atoms with Crippen molar-refractivity contribution in [2.45, 2.75) is 59.3 Å². The van der Waals surface area contributed by atoms with Crippen molar-refractivity contribution in [3.8, 4) is 0 Å². The number of hydrogen-bond acceptors (Lipinski definition) is 0. The molecule has 0 aliphatic carbocycles. The summed E-state index contributed by atoms with van der Waals surface area (Å²) in [5.41, 5.74) is 4.26. The first-order valence-corrected chi connectivity index (χ1v) is 5.98. The van der Waals surface area contributed by atoms with E-state index in [9.17, 15) is 0 Å². The van der Waals surface area contributed by atoms with E-state index in [4.69, 9.17) is 0 Å². The highest BCUT2D eigenvalue weighted by Crippen LogP contribution is 2.28. The third-order valence-corrected chi connectivity index (χ3v) is 2.89. The van der Waals surface area contributed by atoms with E-state index >= 15 is 0 Å². The molecule has 0 atom stereocenters. The monoisotopic (exact) mass is 203 g/mol. The van der Waals surface area contributed by atoms with Crippen molar-refractivity contribution in [2.75, 3.05) is 0 Å². The maximum Gasteiger partial charge on any atom is -0.0141 e. The summed E-state index contributed by atoms with van der Waals surface area (Å²) in [6.07, 6.45) is 0. The Balaban J connectivity index is 3.21. The standard InChI is InChI=1S/C15H23/c1-10(2)13-7-8-14(11(3)4)15(9-13)12(5)6/h7,9-12H,1-6H3. The van der Waals surface area contributed by atoms with Crippen LogP contribution in [0.15, 0.2) is 12.1 Å². The molecule has 83 valence electrons. The fourth-order valence-corrected chi connectivity index (χ4v) is 1.85. The van der Waals surface area contributed by atoms with Crippen LogP contribution in [-0.2, 0) is 0 Å². The summed E-state index contributed by atoms with van der Waals surface area (Å²) in [6, 6.07) is 7.99. The molecule has 0 aliphatic rings.